The molecule has 5 nitrogen and oxygen atoms in total. The van der Waals surface area contributed by atoms with E-state index in [4.69, 9.17) is 5.73 Å². The van der Waals surface area contributed by atoms with Crippen LogP contribution in [0.2, 0.25) is 0 Å². The molecular weight excluding hydrogens is 257 g/mol. The van der Waals surface area contributed by atoms with E-state index >= 15 is 0 Å². The van der Waals surface area contributed by atoms with Crippen molar-refractivity contribution in [1.82, 2.24) is 9.97 Å². The second-order valence-corrected chi connectivity index (χ2v) is 4.48. The Hall–Kier alpha value is -2.37. The molecule has 1 heterocycles. The highest BCUT2D eigenvalue weighted by Crippen LogP contribution is 2.18. The zero-order chi connectivity index (χ0) is 14.5. The number of hydrogen-bond acceptors (Lipinski definition) is 5. The Morgan fingerprint density at radius 2 is 1.95 bits per heavy atom. The van der Waals surface area contributed by atoms with E-state index in [2.05, 4.69) is 15.3 Å². The molecule has 0 radical (unpaired) electrons. The number of anilines is 3. The third kappa shape index (κ3) is 3.57. The summed E-state index contributed by atoms with van der Waals surface area (Å²) in [6.45, 7) is 3.36. The van der Waals surface area contributed by atoms with Crippen LogP contribution in [0.15, 0.2) is 30.3 Å². The van der Waals surface area contributed by atoms with Gasteiger partial charge in [-0.05, 0) is 24.6 Å². The third-order valence-corrected chi connectivity index (χ3v) is 2.81. The van der Waals surface area contributed by atoms with Gasteiger partial charge >= 0.3 is 0 Å². The van der Waals surface area contributed by atoms with E-state index in [0.717, 1.165) is 17.9 Å². The number of nitrogens with one attached hydrogen (secondary N) is 1. The molecule has 0 atom stereocenters. The number of hydrogen-bond donors (Lipinski definition) is 2. The lowest BCUT2D eigenvalue weighted by Crippen LogP contribution is -2.19. The van der Waals surface area contributed by atoms with E-state index in [1.165, 1.54) is 12.1 Å². The minimum atomic E-state index is -0.239. The van der Waals surface area contributed by atoms with E-state index in [9.17, 15) is 4.39 Å². The van der Waals surface area contributed by atoms with Crippen molar-refractivity contribution in [2.75, 3.05) is 29.5 Å². The van der Waals surface area contributed by atoms with Crippen LogP contribution in [0.3, 0.4) is 0 Å². The fraction of sp³-hybridized carbons (Fsp3) is 0.286. The SMILES string of the molecule is CCNc1cc(N(C)Cc2ccc(F)cc2)nc(N)n1. The van der Waals surface area contributed by atoms with Gasteiger partial charge in [0.05, 0.1) is 0 Å². The Balaban J connectivity index is 2.15. The van der Waals surface area contributed by atoms with Gasteiger partial charge in [-0.1, -0.05) is 12.1 Å². The second-order valence-electron chi connectivity index (χ2n) is 4.48. The minimum Gasteiger partial charge on any atom is -0.370 e. The van der Waals surface area contributed by atoms with Crippen LogP contribution in [-0.2, 0) is 6.54 Å². The Labute approximate surface area is 117 Å². The van der Waals surface area contributed by atoms with Crippen molar-refractivity contribution in [1.29, 1.82) is 0 Å². The number of nitrogens with two attached hydrogens (primary N) is 1. The summed E-state index contributed by atoms with van der Waals surface area (Å²) >= 11 is 0. The van der Waals surface area contributed by atoms with Crippen molar-refractivity contribution in [3.8, 4) is 0 Å². The lowest BCUT2D eigenvalue weighted by atomic mass is 10.2. The topological polar surface area (TPSA) is 67.1 Å². The molecular formula is C14H18FN5. The normalized spacial score (nSPS) is 10.3. The van der Waals surface area contributed by atoms with Crippen molar-refractivity contribution in [3.63, 3.8) is 0 Å². The Kier molecular flexibility index (Phi) is 4.34. The summed E-state index contributed by atoms with van der Waals surface area (Å²) in [5.74, 6) is 1.40. The molecule has 0 spiro atoms. The molecule has 0 aliphatic rings. The number of nitrogens with zero attached hydrogens (tertiary/aromatic N) is 3. The molecule has 1 aromatic heterocycles. The molecule has 0 amide bonds. The number of nitrogen functional groups attached to an aromatic ring is 1. The zero-order valence-corrected chi connectivity index (χ0v) is 11.6. The van der Waals surface area contributed by atoms with Gasteiger partial charge in [0, 0.05) is 26.2 Å². The number of halogens is 1. The largest absolute Gasteiger partial charge is 0.370 e. The van der Waals surface area contributed by atoms with Crippen molar-refractivity contribution in [2.45, 2.75) is 13.5 Å². The van der Waals surface area contributed by atoms with Crippen molar-refractivity contribution < 1.29 is 4.39 Å². The third-order valence-electron chi connectivity index (χ3n) is 2.81. The van der Waals surface area contributed by atoms with Gasteiger partial charge < -0.3 is 16.0 Å². The monoisotopic (exact) mass is 275 g/mol. The molecule has 20 heavy (non-hydrogen) atoms. The van der Waals surface area contributed by atoms with E-state index in [1.807, 2.05) is 24.9 Å². The molecule has 0 bridgehead atoms. The van der Waals surface area contributed by atoms with Crippen LogP contribution in [0.1, 0.15) is 12.5 Å². The Morgan fingerprint density at radius 1 is 1.25 bits per heavy atom. The molecule has 0 unspecified atom stereocenters. The lowest BCUT2D eigenvalue weighted by molar-refractivity contribution is 0.627. The molecule has 3 N–H and O–H groups in total. The fourth-order valence-electron chi connectivity index (χ4n) is 1.86. The predicted octanol–water partition coefficient (Wildman–Crippen LogP) is 2.27. The van der Waals surface area contributed by atoms with Crippen molar-refractivity contribution in [2.24, 2.45) is 0 Å². The first kappa shape index (κ1) is 14.0. The molecule has 0 aliphatic carbocycles. The summed E-state index contributed by atoms with van der Waals surface area (Å²) in [5, 5.41) is 3.11. The van der Waals surface area contributed by atoms with Crippen LogP contribution in [-0.4, -0.2) is 23.6 Å². The van der Waals surface area contributed by atoms with Gasteiger partial charge in [0.2, 0.25) is 5.95 Å². The first-order chi connectivity index (χ1) is 9.58. The zero-order valence-electron chi connectivity index (χ0n) is 11.6. The van der Waals surface area contributed by atoms with Gasteiger partial charge in [-0.25, -0.2) is 4.39 Å². The molecule has 0 aliphatic heterocycles. The van der Waals surface area contributed by atoms with Crippen LogP contribution in [0.25, 0.3) is 0 Å². The minimum absolute atomic E-state index is 0.226. The first-order valence-electron chi connectivity index (χ1n) is 6.42. The maximum absolute atomic E-state index is 12.9. The number of aromatic nitrogens is 2. The van der Waals surface area contributed by atoms with Gasteiger partial charge in [-0.2, -0.15) is 9.97 Å². The van der Waals surface area contributed by atoms with E-state index < -0.39 is 0 Å². The van der Waals surface area contributed by atoms with Crippen LogP contribution < -0.4 is 16.0 Å². The fourth-order valence-corrected chi connectivity index (χ4v) is 1.86. The molecule has 1 aromatic carbocycles. The molecule has 2 rings (SSSR count). The quantitative estimate of drug-likeness (QED) is 0.876. The lowest BCUT2D eigenvalue weighted by Gasteiger charge is -2.19. The average molecular weight is 275 g/mol. The highest BCUT2D eigenvalue weighted by molar-refractivity contribution is 5.52. The smallest absolute Gasteiger partial charge is 0.223 e. The van der Waals surface area contributed by atoms with E-state index in [0.29, 0.717) is 12.4 Å². The number of rotatable bonds is 5. The van der Waals surface area contributed by atoms with Gasteiger partial charge in [0.15, 0.2) is 0 Å². The summed E-state index contributed by atoms with van der Waals surface area (Å²) in [4.78, 5) is 10.2. The molecule has 2 aromatic rings. The molecule has 6 heteroatoms. The van der Waals surface area contributed by atoms with Crippen LogP contribution >= 0.6 is 0 Å². The highest BCUT2D eigenvalue weighted by Gasteiger charge is 2.07. The second kappa shape index (κ2) is 6.18. The van der Waals surface area contributed by atoms with E-state index in [-0.39, 0.29) is 11.8 Å². The summed E-state index contributed by atoms with van der Waals surface area (Å²) in [6.07, 6.45) is 0. The summed E-state index contributed by atoms with van der Waals surface area (Å²) in [7, 11) is 1.90. The molecule has 0 fully saturated rings. The Morgan fingerprint density at radius 3 is 2.60 bits per heavy atom. The van der Waals surface area contributed by atoms with Crippen molar-refractivity contribution in [3.05, 3.63) is 41.7 Å². The van der Waals surface area contributed by atoms with Gasteiger partial charge in [-0.15, -0.1) is 0 Å². The van der Waals surface area contributed by atoms with Gasteiger partial charge in [0.25, 0.3) is 0 Å². The van der Waals surface area contributed by atoms with Crippen LogP contribution in [0, 0.1) is 5.82 Å². The summed E-state index contributed by atoms with van der Waals surface area (Å²) in [6, 6.07) is 8.23. The average Bonchev–Trinajstić information content (AvgIpc) is 2.41. The number of benzene rings is 1. The van der Waals surface area contributed by atoms with Gasteiger partial charge in [0.1, 0.15) is 17.5 Å². The maximum Gasteiger partial charge on any atom is 0.223 e. The molecule has 106 valence electrons. The van der Waals surface area contributed by atoms with Crippen LogP contribution in [0.5, 0.6) is 0 Å². The van der Waals surface area contributed by atoms with E-state index in [1.54, 1.807) is 12.1 Å². The standard InChI is InChI=1S/C14H18FN5/c1-3-17-12-8-13(19-14(16)18-12)20(2)9-10-4-6-11(15)7-5-10/h4-8H,3,9H2,1-2H3,(H3,16,17,18,19). The predicted molar refractivity (Wildman–Crippen MR) is 79.1 cm³/mol. The first-order valence-corrected chi connectivity index (χ1v) is 6.42. The van der Waals surface area contributed by atoms with Crippen molar-refractivity contribution >= 4 is 17.6 Å². The van der Waals surface area contributed by atoms with Crippen LogP contribution in [0.4, 0.5) is 22.0 Å². The maximum atomic E-state index is 12.9. The summed E-state index contributed by atoms with van der Waals surface area (Å²) < 4.78 is 12.9. The molecule has 0 saturated heterocycles. The Bertz CT molecular complexity index is 570. The molecule has 0 saturated carbocycles. The highest BCUT2D eigenvalue weighted by atomic mass is 19.1. The summed E-state index contributed by atoms with van der Waals surface area (Å²) in [5.41, 5.74) is 6.70. The van der Waals surface area contributed by atoms with Gasteiger partial charge in [-0.3, -0.25) is 0 Å².